The molecule has 3 aromatic rings. The summed E-state index contributed by atoms with van der Waals surface area (Å²) in [7, 11) is 0. The third kappa shape index (κ3) is 5.73. The first-order chi connectivity index (χ1) is 15.3. The van der Waals surface area contributed by atoms with Crippen molar-refractivity contribution >= 4 is 11.6 Å². The van der Waals surface area contributed by atoms with Crippen LogP contribution >= 0.6 is 0 Å². The Morgan fingerprint density at radius 1 is 1.19 bits per heavy atom. The fraction of sp³-hybridized carbons (Fsp3) is 0.400. The molecule has 1 amide bonds. The minimum Gasteiger partial charge on any atom is -0.381 e. The maximum absolute atomic E-state index is 12.5. The minimum atomic E-state index is -0.152. The van der Waals surface area contributed by atoms with Crippen molar-refractivity contribution in [1.82, 2.24) is 20.1 Å². The number of nitrogens with one attached hydrogen (secondary N) is 2. The van der Waals surface area contributed by atoms with Gasteiger partial charge in [0.2, 0.25) is 0 Å². The first-order valence-electron chi connectivity index (χ1n) is 11.1. The standard InChI is InChI=1S/C25H31N5O2/c1-17-5-6-18(24(31)29-20-7-8-20)11-23(17)19-13-28-30(16-19)22-12-21(14-26-15-22)27-9-10-32-25(2,3)4/h5-6,11-16,20,27H,7-10H2,1-4H3,(H,29,31). The van der Waals surface area contributed by atoms with Gasteiger partial charge >= 0.3 is 0 Å². The van der Waals surface area contributed by atoms with Gasteiger partial charge in [-0.3, -0.25) is 9.78 Å². The van der Waals surface area contributed by atoms with Crippen molar-refractivity contribution in [2.45, 2.75) is 52.2 Å². The monoisotopic (exact) mass is 433 g/mol. The molecule has 0 spiro atoms. The Morgan fingerprint density at radius 3 is 2.75 bits per heavy atom. The Bertz CT molecular complexity index is 1100. The van der Waals surface area contributed by atoms with Crippen LogP contribution in [0.1, 0.15) is 49.5 Å². The number of aromatic nitrogens is 3. The van der Waals surface area contributed by atoms with Crippen molar-refractivity contribution in [3.63, 3.8) is 0 Å². The van der Waals surface area contributed by atoms with Crippen molar-refractivity contribution in [3.8, 4) is 16.8 Å². The number of rotatable bonds is 8. The summed E-state index contributed by atoms with van der Waals surface area (Å²) in [6.45, 7) is 9.48. The molecule has 7 heteroatoms. The second-order valence-corrected chi connectivity index (χ2v) is 9.27. The molecular formula is C25H31N5O2. The van der Waals surface area contributed by atoms with Crippen LogP contribution in [0.3, 0.4) is 0 Å². The van der Waals surface area contributed by atoms with Crippen LogP contribution in [0.25, 0.3) is 16.8 Å². The van der Waals surface area contributed by atoms with E-state index >= 15 is 0 Å². The summed E-state index contributed by atoms with van der Waals surface area (Å²) >= 11 is 0. The lowest BCUT2D eigenvalue weighted by atomic mass is 10.0. The molecule has 1 aliphatic rings. The molecular weight excluding hydrogens is 402 g/mol. The van der Waals surface area contributed by atoms with Crippen LogP contribution in [0.2, 0.25) is 0 Å². The van der Waals surface area contributed by atoms with Crippen LogP contribution in [0.4, 0.5) is 5.69 Å². The zero-order valence-corrected chi connectivity index (χ0v) is 19.2. The summed E-state index contributed by atoms with van der Waals surface area (Å²) in [6, 6.07) is 8.15. The first-order valence-corrected chi connectivity index (χ1v) is 11.1. The van der Waals surface area contributed by atoms with Crippen LogP contribution in [-0.2, 0) is 4.74 Å². The van der Waals surface area contributed by atoms with Gasteiger partial charge in [-0.15, -0.1) is 0 Å². The Hall–Kier alpha value is -3.19. The van der Waals surface area contributed by atoms with Gasteiger partial charge in [0.25, 0.3) is 5.91 Å². The third-order valence-electron chi connectivity index (χ3n) is 5.26. The summed E-state index contributed by atoms with van der Waals surface area (Å²) in [5.41, 5.74) is 5.35. The van der Waals surface area contributed by atoms with Gasteiger partial charge in [-0.1, -0.05) is 6.07 Å². The van der Waals surface area contributed by atoms with Gasteiger partial charge in [-0.2, -0.15) is 5.10 Å². The molecule has 0 aliphatic heterocycles. The number of pyridine rings is 1. The number of hydrogen-bond acceptors (Lipinski definition) is 5. The van der Waals surface area contributed by atoms with Crippen LogP contribution < -0.4 is 10.6 Å². The first kappa shape index (κ1) is 22.0. The summed E-state index contributed by atoms with van der Waals surface area (Å²) < 4.78 is 7.55. The summed E-state index contributed by atoms with van der Waals surface area (Å²) in [5, 5.41) is 10.9. The van der Waals surface area contributed by atoms with E-state index in [1.165, 1.54) is 0 Å². The molecule has 1 aliphatic carbocycles. The third-order valence-corrected chi connectivity index (χ3v) is 5.26. The van der Waals surface area contributed by atoms with Crippen molar-refractivity contribution in [3.05, 3.63) is 60.2 Å². The van der Waals surface area contributed by atoms with Gasteiger partial charge in [0.05, 0.1) is 42.2 Å². The highest BCUT2D eigenvalue weighted by molar-refractivity contribution is 5.96. The van der Waals surface area contributed by atoms with Gasteiger partial charge < -0.3 is 15.4 Å². The predicted molar refractivity (Wildman–Crippen MR) is 126 cm³/mol. The fourth-order valence-corrected chi connectivity index (χ4v) is 3.38. The minimum absolute atomic E-state index is 0.0143. The molecule has 0 saturated heterocycles. The van der Waals surface area contributed by atoms with E-state index in [1.807, 2.05) is 64.4 Å². The van der Waals surface area contributed by atoms with Crippen molar-refractivity contribution in [1.29, 1.82) is 0 Å². The number of aryl methyl sites for hydroxylation is 1. The molecule has 2 N–H and O–H groups in total. The molecule has 2 aromatic heterocycles. The molecule has 0 atom stereocenters. The second-order valence-electron chi connectivity index (χ2n) is 9.27. The molecule has 0 bridgehead atoms. The molecule has 0 radical (unpaired) electrons. The molecule has 1 saturated carbocycles. The Morgan fingerprint density at radius 2 is 2.00 bits per heavy atom. The number of nitrogens with zero attached hydrogens (tertiary/aromatic N) is 3. The maximum Gasteiger partial charge on any atom is 0.251 e. The zero-order valence-electron chi connectivity index (χ0n) is 19.2. The highest BCUT2D eigenvalue weighted by Gasteiger charge is 2.24. The largest absolute Gasteiger partial charge is 0.381 e. The quantitative estimate of drug-likeness (QED) is 0.516. The van der Waals surface area contributed by atoms with Crippen molar-refractivity contribution in [2.24, 2.45) is 0 Å². The van der Waals surface area contributed by atoms with Gasteiger partial charge in [-0.05, 0) is 69.9 Å². The average Bonchev–Trinajstić information content (AvgIpc) is 3.43. The van der Waals surface area contributed by atoms with E-state index in [0.717, 1.165) is 40.9 Å². The van der Waals surface area contributed by atoms with E-state index in [2.05, 4.69) is 20.7 Å². The molecule has 4 rings (SSSR count). The van der Waals surface area contributed by atoms with E-state index in [1.54, 1.807) is 17.1 Å². The number of ether oxygens (including phenoxy) is 1. The van der Waals surface area contributed by atoms with Gasteiger partial charge in [0.15, 0.2) is 0 Å². The molecule has 32 heavy (non-hydrogen) atoms. The Labute approximate surface area is 189 Å². The van der Waals surface area contributed by atoms with E-state index in [0.29, 0.717) is 24.8 Å². The lowest BCUT2D eigenvalue weighted by Gasteiger charge is -2.19. The van der Waals surface area contributed by atoms with Crippen LogP contribution in [0.5, 0.6) is 0 Å². The van der Waals surface area contributed by atoms with E-state index in [9.17, 15) is 4.79 Å². The molecule has 7 nitrogen and oxygen atoms in total. The lowest BCUT2D eigenvalue weighted by molar-refractivity contribution is 0.00333. The summed E-state index contributed by atoms with van der Waals surface area (Å²) in [6.07, 6.45) is 9.50. The maximum atomic E-state index is 12.5. The number of carbonyl (C=O) groups excluding carboxylic acids is 1. The number of carbonyl (C=O) groups is 1. The fourth-order valence-electron chi connectivity index (χ4n) is 3.38. The van der Waals surface area contributed by atoms with Crippen LogP contribution in [-0.4, -0.2) is 45.5 Å². The zero-order chi connectivity index (χ0) is 22.7. The van der Waals surface area contributed by atoms with Crippen LogP contribution in [0.15, 0.2) is 49.1 Å². The number of benzene rings is 1. The van der Waals surface area contributed by atoms with E-state index in [-0.39, 0.29) is 11.5 Å². The van der Waals surface area contributed by atoms with Gasteiger partial charge in [-0.25, -0.2) is 4.68 Å². The summed E-state index contributed by atoms with van der Waals surface area (Å²) in [5.74, 6) is -0.0143. The number of hydrogen-bond donors (Lipinski definition) is 2. The molecule has 0 unspecified atom stereocenters. The predicted octanol–water partition coefficient (Wildman–Crippen LogP) is 4.36. The molecule has 1 aromatic carbocycles. The highest BCUT2D eigenvalue weighted by Crippen LogP contribution is 2.26. The van der Waals surface area contributed by atoms with Crippen LogP contribution in [0, 0.1) is 6.92 Å². The van der Waals surface area contributed by atoms with Gasteiger partial charge in [0.1, 0.15) is 0 Å². The molecule has 1 fully saturated rings. The van der Waals surface area contributed by atoms with E-state index in [4.69, 9.17) is 4.74 Å². The Kier molecular flexibility index (Phi) is 6.28. The van der Waals surface area contributed by atoms with Crippen molar-refractivity contribution in [2.75, 3.05) is 18.5 Å². The Balaban J connectivity index is 1.47. The molecule has 168 valence electrons. The number of anilines is 1. The number of amides is 1. The second kappa shape index (κ2) is 9.12. The average molecular weight is 434 g/mol. The highest BCUT2D eigenvalue weighted by atomic mass is 16.5. The molecule has 2 heterocycles. The summed E-state index contributed by atoms with van der Waals surface area (Å²) in [4.78, 5) is 16.8. The van der Waals surface area contributed by atoms with Gasteiger partial charge in [0, 0.05) is 29.9 Å². The van der Waals surface area contributed by atoms with Crippen molar-refractivity contribution < 1.29 is 9.53 Å². The SMILES string of the molecule is Cc1ccc(C(=O)NC2CC2)cc1-c1cnn(-c2cncc(NCCOC(C)(C)C)c2)c1. The lowest BCUT2D eigenvalue weighted by Crippen LogP contribution is -2.25. The topological polar surface area (TPSA) is 81.1 Å². The van der Waals surface area contributed by atoms with E-state index < -0.39 is 0 Å². The normalized spacial score (nSPS) is 13.8. The smallest absolute Gasteiger partial charge is 0.251 e.